The van der Waals surface area contributed by atoms with Crippen LogP contribution in [0.5, 0.6) is 11.5 Å². The van der Waals surface area contributed by atoms with Crippen molar-refractivity contribution in [2.24, 2.45) is 5.16 Å². The second kappa shape index (κ2) is 6.87. The molecule has 0 radical (unpaired) electrons. The van der Waals surface area contributed by atoms with Gasteiger partial charge in [-0.1, -0.05) is 11.2 Å². The summed E-state index contributed by atoms with van der Waals surface area (Å²) in [6, 6.07) is 7.31. The zero-order valence-corrected chi connectivity index (χ0v) is 12.3. The zero-order valence-electron chi connectivity index (χ0n) is 12.3. The molecule has 0 bridgehead atoms. The number of hydrogen-bond acceptors (Lipinski definition) is 5. The molecule has 0 aliphatic carbocycles. The van der Waals surface area contributed by atoms with E-state index in [4.69, 9.17) is 4.74 Å². The van der Waals surface area contributed by atoms with E-state index in [0.29, 0.717) is 5.75 Å². The summed E-state index contributed by atoms with van der Waals surface area (Å²) in [6.45, 7) is 1.09. The van der Waals surface area contributed by atoms with Gasteiger partial charge in [0.1, 0.15) is 28.8 Å². The van der Waals surface area contributed by atoms with Crippen molar-refractivity contribution in [1.29, 1.82) is 0 Å². The summed E-state index contributed by atoms with van der Waals surface area (Å²) in [4.78, 5) is 15.5. The lowest BCUT2D eigenvalue weighted by atomic mass is 10.0. The molecule has 0 aliphatic rings. The number of aromatic hydroxyl groups is 1. The van der Waals surface area contributed by atoms with E-state index in [9.17, 15) is 18.7 Å². The quantitative estimate of drug-likeness (QED) is 0.534. The molecule has 5 nitrogen and oxygen atoms in total. The van der Waals surface area contributed by atoms with Crippen molar-refractivity contribution in [1.82, 2.24) is 0 Å². The van der Waals surface area contributed by atoms with Crippen LogP contribution < -0.4 is 4.74 Å². The van der Waals surface area contributed by atoms with Crippen LogP contribution in [0.4, 0.5) is 8.78 Å². The first-order chi connectivity index (χ1) is 10.9. The van der Waals surface area contributed by atoms with Gasteiger partial charge in [-0.25, -0.2) is 13.6 Å². The molecule has 2 aromatic rings. The molecule has 2 rings (SSSR count). The Morgan fingerprint density at radius 3 is 2.35 bits per heavy atom. The zero-order chi connectivity index (χ0) is 17.0. The van der Waals surface area contributed by atoms with E-state index in [1.165, 1.54) is 31.4 Å². The minimum atomic E-state index is -0.911. The highest BCUT2D eigenvalue weighted by molar-refractivity contribution is 6.14. The van der Waals surface area contributed by atoms with Crippen LogP contribution in [0.15, 0.2) is 41.6 Å². The number of ether oxygens (including phenoxy) is 1. The molecule has 0 fully saturated rings. The fourth-order valence-electron chi connectivity index (χ4n) is 1.90. The van der Waals surface area contributed by atoms with Crippen LogP contribution >= 0.6 is 0 Å². The number of benzene rings is 2. The van der Waals surface area contributed by atoms with Crippen LogP contribution in [0.3, 0.4) is 0 Å². The molecule has 0 unspecified atom stereocenters. The number of oxime groups is 1. The number of nitrogens with zero attached hydrogens (tertiary/aromatic N) is 1. The van der Waals surface area contributed by atoms with Gasteiger partial charge in [-0.05, 0) is 24.3 Å². The molecule has 0 atom stereocenters. The van der Waals surface area contributed by atoms with Gasteiger partial charge in [0, 0.05) is 18.6 Å². The van der Waals surface area contributed by atoms with Crippen molar-refractivity contribution < 1.29 is 28.3 Å². The first-order valence-corrected chi connectivity index (χ1v) is 6.51. The number of phenols is 1. The molecule has 0 aromatic heterocycles. The monoisotopic (exact) mass is 321 g/mol. The Morgan fingerprint density at radius 1 is 1.17 bits per heavy atom. The van der Waals surface area contributed by atoms with E-state index in [2.05, 4.69) is 9.99 Å². The second-order valence-corrected chi connectivity index (χ2v) is 4.50. The molecule has 0 amide bonds. The number of phenolic OH excluding ortho intramolecular Hbond substituents is 1. The summed E-state index contributed by atoms with van der Waals surface area (Å²) in [5.74, 6) is -2.59. The topological polar surface area (TPSA) is 68.1 Å². The van der Waals surface area contributed by atoms with Gasteiger partial charge in [0.25, 0.3) is 0 Å². The third-order valence-corrected chi connectivity index (χ3v) is 2.93. The molecule has 23 heavy (non-hydrogen) atoms. The number of methoxy groups -OCH3 is 1. The summed E-state index contributed by atoms with van der Waals surface area (Å²) < 4.78 is 33.0. The van der Waals surface area contributed by atoms with E-state index in [1.54, 1.807) is 0 Å². The number of carbonyl (C=O) groups is 1. The van der Waals surface area contributed by atoms with Crippen LogP contribution in [0.1, 0.15) is 18.1 Å². The van der Waals surface area contributed by atoms with Crippen LogP contribution in [0.2, 0.25) is 0 Å². The number of halogens is 2. The molecule has 2 aromatic carbocycles. The Hall–Kier alpha value is -2.96. The average molecular weight is 321 g/mol. The number of hydrogen-bond donors (Lipinski definition) is 1. The summed E-state index contributed by atoms with van der Waals surface area (Å²) in [6.07, 6.45) is 0. The van der Waals surface area contributed by atoms with E-state index >= 15 is 0 Å². The van der Waals surface area contributed by atoms with Gasteiger partial charge < -0.3 is 14.7 Å². The van der Waals surface area contributed by atoms with Gasteiger partial charge in [-0.2, -0.15) is 0 Å². The second-order valence-electron chi connectivity index (χ2n) is 4.50. The van der Waals surface area contributed by atoms with E-state index in [1.807, 2.05) is 0 Å². The Kier molecular flexibility index (Phi) is 4.90. The number of rotatable bonds is 4. The molecule has 120 valence electrons. The van der Waals surface area contributed by atoms with Crippen molar-refractivity contribution in [2.45, 2.75) is 6.92 Å². The fourth-order valence-corrected chi connectivity index (χ4v) is 1.90. The van der Waals surface area contributed by atoms with E-state index in [-0.39, 0.29) is 17.0 Å². The lowest BCUT2D eigenvalue weighted by Crippen LogP contribution is -2.11. The first kappa shape index (κ1) is 16.4. The van der Waals surface area contributed by atoms with Gasteiger partial charge in [0.15, 0.2) is 0 Å². The highest BCUT2D eigenvalue weighted by Crippen LogP contribution is 2.28. The summed E-state index contributed by atoms with van der Waals surface area (Å²) in [5, 5.41) is 13.5. The highest BCUT2D eigenvalue weighted by Gasteiger charge is 2.21. The summed E-state index contributed by atoms with van der Waals surface area (Å²) in [5.41, 5.74) is -0.888. The first-order valence-electron chi connectivity index (χ1n) is 6.51. The predicted octanol–water partition coefficient (Wildman–Crippen LogP) is 2.99. The Morgan fingerprint density at radius 2 is 1.83 bits per heavy atom. The van der Waals surface area contributed by atoms with Crippen molar-refractivity contribution in [2.75, 3.05) is 7.11 Å². The van der Waals surface area contributed by atoms with Crippen molar-refractivity contribution in [3.63, 3.8) is 0 Å². The SMILES string of the molecule is COc1ccc(/C(=N\OC(C)=O)c2c(F)cccc2F)c(O)c1. The van der Waals surface area contributed by atoms with Crippen LogP contribution in [-0.2, 0) is 9.63 Å². The third kappa shape index (κ3) is 3.63. The van der Waals surface area contributed by atoms with Gasteiger partial charge in [0.2, 0.25) is 0 Å². The van der Waals surface area contributed by atoms with Crippen molar-refractivity contribution >= 4 is 11.7 Å². The van der Waals surface area contributed by atoms with Gasteiger partial charge in [0.05, 0.1) is 12.7 Å². The lowest BCUT2D eigenvalue weighted by molar-refractivity contribution is -0.140. The van der Waals surface area contributed by atoms with Crippen LogP contribution in [0.25, 0.3) is 0 Å². The molecule has 1 N–H and O–H groups in total. The maximum atomic E-state index is 14.0. The third-order valence-electron chi connectivity index (χ3n) is 2.93. The lowest BCUT2D eigenvalue weighted by Gasteiger charge is -2.11. The molecular weight excluding hydrogens is 308 g/mol. The van der Waals surface area contributed by atoms with Crippen LogP contribution in [-0.4, -0.2) is 23.9 Å². The van der Waals surface area contributed by atoms with Crippen molar-refractivity contribution in [3.05, 3.63) is 59.2 Å². The molecule has 0 saturated carbocycles. The van der Waals surface area contributed by atoms with Crippen molar-refractivity contribution in [3.8, 4) is 11.5 Å². The Labute approximate surface area is 130 Å². The normalized spacial score (nSPS) is 11.2. The van der Waals surface area contributed by atoms with Crippen LogP contribution in [0, 0.1) is 11.6 Å². The van der Waals surface area contributed by atoms with E-state index in [0.717, 1.165) is 19.1 Å². The summed E-state index contributed by atoms with van der Waals surface area (Å²) >= 11 is 0. The Balaban J connectivity index is 2.65. The maximum absolute atomic E-state index is 14.0. The average Bonchev–Trinajstić information content (AvgIpc) is 2.50. The largest absolute Gasteiger partial charge is 0.507 e. The fraction of sp³-hybridized carbons (Fsp3) is 0.125. The molecule has 0 saturated heterocycles. The molecule has 0 heterocycles. The van der Waals surface area contributed by atoms with Gasteiger partial charge >= 0.3 is 5.97 Å². The number of carbonyl (C=O) groups excluding carboxylic acids is 1. The summed E-state index contributed by atoms with van der Waals surface area (Å²) in [7, 11) is 1.40. The highest BCUT2D eigenvalue weighted by atomic mass is 19.1. The van der Waals surface area contributed by atoms with E-state index < -0.39 is 23.2 Å². The van der Waals surface area contributed by atoms with Gasteiger partial charge in [-0.3, -0.25) is 0 Å². The molecule has 0 aliphatic heterocycles. The molecule has 7 heteroatoms. The molecule has 0 spiro atoms. The minimum absolute atomic E-state index is 0.0175. The minimum Gasteiger partial charge on any atom is -0.507 e. The predicted molar refractivity (Wildman–Crippen MR) is 78.4 cm³/mol. The Bertz CT molecular complexity index is 754. The molecular formula is C16H13F2NO4. The smallest absolute Gasteiger partial charge is 0.332 e. The maximum Gasteiger partial charge on any atom is 0.332 e. The van der Waals surface area contributed by atoms with Gasteiger partial charge in [-0.15, -0.1) is 0 Å². The standard InChI is InChI=1S/C16H13F2NO4/c1-9(20)23-19-16(15-12(17)4-3-5-13(15)18)11-7-6-10(22-2)8-14(11)21/h3-8,21H,1-2H3/b19-16+.